The summed E-state index contributed by atoms with van der Waals surface area (Å²) >= 11 is 0. The second-order valence-corrected chi connectivity index (χ2v) is 8.12. The van der Waals surface area contributed by atoms with E-state index < -0.39 is 29.1 Å². The molecule has 0 heterocycles. The molecule has 1 aliphatic rings. The highest BCUT2D eigenvalue weighted by molar-refractivity contribution is 5.74. The molecule has 6 heteroatoms. The van der Waals surface area contributed by atoms with Crippen LogP contribution in [0.5, 0.6) is 5.75 Å². The van der Waals surface area contributed by atoms with Crippen molar-refractivity contribution in [3.63, 3.8) is 0 Å². The molecule has 4 rings (SSSR count). The number of fused-ring (bicyclic) bond motifs is 1. The summed E-state index contributed by atoms with van der Waals surface area (Å²) in [4.78, 5) is 0. The summed E-state index contributed by atoms with van der Waals surface area (Å²) in [6.07, 6.45) is 4.11. The van der Waals surface area contributed by atoms with Gasteiger partial charge in [-0.15, -0.1) is 0 Å². The average Bonchev–Trinajstić information content (AvgIpc) is 2.82. The number of methoxy groups -OCH3 is 1. The van der Waals surface area contributed by atoms with Crippen molar-refractivity contribution in [1.29, 1.82) is 0 Å². The number of rotatable bonds is 6. The molecule has 3 aromatic rings. The lowest BCUT2D eigenvalue weighted by molar-refractivity contribution is 0.372. The minimum absolute atomic E-state index is 0.0674. The molecule has 0 unspecified atom stereocenters. The Morgan fingerprint density at radius 3 is 2.15 bits per heavy atom. The fourth-order valence-corrected chi connectivity index (χ4v) is 4.26. The zero-order chi connectivity index (χ0) is 23.7. The maximum absolute atomic E-state index is 15.3. The number of unbranched alkanes of at least 4 members (excludes halogenated alkanes) is 1. The van der Waals surface area contributed by atoms with Gasteiger partial charge < -0.3 is 4.74 Å². The Hall–Kier alpha value is -3.15. The highest BCUT2D eigenvalue weighted by atomic mass is 19.2. The molecule has 0 atom stereocenters. The monoisotopic (exact) mass is 458 g/mol. The van der Waals surface area contributed by atoms with Crippen LogP contribution in [0.4, 0.5) is 22.0 Å². The molecule has 0 bridgehead atoms. The Morgan fingerprint density at radius 1 is 0.758 bits per heavy atom. The molecule has 0 radical (unpaired) electrons. The van der Waals surface area contributed by atoms with Crippen LogP contribution in [-0.4, -0.2) is 7.11 Å². The van der Waals surface area contributed by atoms with Crippen molar-refractivity contribution in [2.24, 2.45) is 0 Å². The average molecular weight is 458 g/mol. The van der Waals surface area contributed by atoms with Gasteiger partial charge in [-0.2, -0.15) is 4.39 Å². The molecule has 0 aliphatic heterocycles. The molecular weight excluding hydrogens is 435 g/mol. The first-order valence-corrected chi connectivity index (χ1v) is 10.9. The van der Waals surface area contributed by atoms with Gasteiger partial charge >= 0.3 is 0 Å². The smallest absolute Gasteiger partial charge is 0.201 e. The van der Waals surface area contributed by atoms with Crippen molar-refractivity contribution in [2.75, 3.05) is 7.11 Å². The first-order valence-electron chi connectivity index (χ1n) is 10.9. The van der Waals surface area contributed by atoms with Gasteiger partial charge in [-0.1, -0.05) is 43.7 Å². The molecule has 1 nitrogen and oxygen atoms in total. The van der Waals surface area contributed by atoms with Crippen LogP contribution in [0.1, 0.15) is 42.0 Å². The summed E-state index contributed by atoms with van der Waals surface area (Å²) in [5, 5.41) is 0. The molecule has 0 aromatic heterocycles. The predicted molar refractivity (Wildman–Crippen MR) is 119 cm³/mol. The van der Waals surface area contributed by atoms with Gasteiger partial charge in [0.1, 0.15) is 5.82 Å². The fraction of sp³-hybridized carbons (Fsp3) is 0.259. The Morgan fingerprint density at radius 2 is 1.42 bits per heavy atom. The molecule has 0 fully saturated rings. The van der Waals surface area contributed by atoms with E-state index in [0.717, 1.165) is 12.8 Å². The lowest BCUT2D eigenvalue weighted by atomic mass is 9.85. The number of ether oxygens (including phenoxy) is 1. The SMILES string of the molecule is CCCCc1ccc(C2=CCc3c(ccc(-c4ccc(OC)c(F)c4F)c3F)C2)c(F)c1F. The molecule has 1 aliphatic carbocycles. The van der Waals surface area contributed by atoms with Crippen molar-refractivity contribution in [3.8, 4) is 16.9 Å². The second-order valence-electron chi connectivity index (χ2n) is 8.12. The third-order valence-corrected chi connectivity index (χ3v) is 6.14. The van der Waals surface area contributed by atoms with E-state index in [4.69, 9.17) is 4.74 Å². The fourth-order valence-electron chi connectivity index (χ4n) is 4.26. The third kappa shape index (κ3) is 4.14. The van der Waals surface area contributed by atoms with Crippen LogP contribution in [0, 0.1) is 29.1 Å². The van der Waals surface area contributed by atoms with Crippen molar-refractivity contribution in [2.45, 2.75) is 39.0 Å². The van der Waals surface area contributed by atoms with Gasteiger partial charge in [0.2, 0.25) is 5.82 Å². The lowest BCUT2D eigenvalue weighted by Gasteiger charge is -2.21. The molecule has 0 saturated carbocycles. The summed E-state index contributed by atoms with van der Waals surface area (Å²) in [6.45, 7) is 1.98. The van der Waals surface area contributed by atoms with E-state index in [1.54, 1.807) is 24.3 Å². The lowest BCUT2D eigenvalue weighted by Crippen LogP contribution is -2.09. The number of halogens is 5. The van der Waals surface area contributed by atoms with Crippen molar-refractivity contribution in [3.05, 3.63) is 93.8 Å². The number of allylic oxidation sites excluding steroid dienone is 2. The minimum atomic E-state index is -1.19. The Balaban J connectivity index is 1.67. The van der Waals surface area contributed by atoms with Crippen molar-refractivity contribution < 1.29 is 26.7 Å². The summed E-state index contributed by atoms with van der Waals surface area (Å²) in [6, 6.07) is 8.68. The van der Waals surface area contributed by atoms with Gasteiger partial charge in [0.05, 0.1) is 7.11 Å². The number of hydrogen-bond acceptors (Lipinski definition) is 1. The van der Waals surface area contributed by atoms with Crippen LogP contribution in [0.3, 0.4) is 0 Å². The maximum Gasteiger partial charge on any atom is 0.201 e. The Kier molecular flexibility index (Phi) is 6.54. The van der Waals surface area contributed by atoms with E-state index in [0.29, 0.717) is 28.7 Å². The molecule has 0 spiro atoms. The first kappa shape index (κ1) is 23.0. The first-order chi connectivity index (χ1) is 15.9. The molecule has 0 amide bonds. The quantitative estimate of drug-likeness (QED) is 0.346. The third-order valence-electron chi connectivity index (χ3n) is 6.14. The normalized spacial score (nSPS) is 13.0. The summed E-state index contributed by atoms with van der Waals surface area (Å²) in [7, 11) is 1.22. The van der Waals surface area contributed by atoms with Crippen LogP contribution < -0.4 is 4.74 Å². The van der Waals surface area contributed by atoms with Crippen LogP contribution >= 0.6 is 0 Å². The summed E-state index contributed by atoms with van der Waals surface area (Å²) in [5.41, 5.74) is 1.71. The van der Waals surface area contributed by atoms with Gasteiger partial charge in [0.15, 0.2) is 23.2 Å². The van der Waals surface area contributed by atoms with E-state index in [2.05, 4.69) is 0 Å². The molecule has 172 valence electrons. The van der Waals surface area contributed by atoms with E-state index in [-0.39, 0.29) is 35.3 Å². The standard InChI is InChI=1S/C27H23F5O/c1-3-4-5-15-6-9-19(25(30)23(15)28)17-7-10-18-16(14-17)8-11-20(24(18)29)21-12-13-22(33-2)27(32)26(21)31/h6-9,11-13H,3-5,10,14H2,1-2H3. The predicted octanol–water partition coefficient (Wildman–Crippen LogP) is 7.58. The maximum atomic E-state index is 15.3. The number of hydrogen-bond donors (Lipinski definition) is 0. The topological polar surface area (TPSA) is 9.23 Å². The molecule has 33 heavy (non-hydrogen) atoms. The van der Waals surface area contributed by atoms with E-state index in [9.17, 15) is 17.6 Å². The Labute approximate surface area is 189 Å². The Bertz CT molecular complexity index is 1250. The zero-order valence-electron chi connectivity index (χ0n) is 18.4. The molecular formula is C27H23F5O. The molecule has 0 N–H and O–H groups in total. The van der Waals surface area contributed by atoms with Crippen LogP contribution in [-0.2, 0) is 19.3 Å². The van der Waals surface area contributed by atoms with Crippen LogP contribution in [0.2, 0.25) is 0 Å². The van der Waals surface area contributed by atoms with E-state index in [1.807, 2.05) is 6.92 Å². The minimum Gasteiger partial charge on any atom is -0.494 e. The van der Waals surface area contributed by atoms with Crippen molar-refractivity contribution >= 4 is 5.57 Å². The molecule has 3 aromatic carbocycles. The van der Waals surface area contributed by atoms with Gasteiger partial charge in [-0.3, -0.25) is 0 Å². The number of benzene rings is 3. The van der Waals surface area contributed by atoms with Crippen LogP contribution in [0.15, 0.2) is 42.5 Å². The summed E-state index contributed by atoms with van der Waals surface area (Å²) in [5.74, 6) is -5.04. The van der Waals surface area contributed by atoms with E-state index in [1.165, 1.54) is 25.3 Å². The van der Waals surface area contributed by atoms with Gasteiger partial charge in [-0.05, 0) is 60.1 Å². The van der Waals surface area contributed by atoms with Gasteiger partial charge in [0, 0.05) is 16.7 Å². The molecule has 0 saturated heterocycles. The van der Waals surface area contributed by atoms with Gasteiger partial charge in [-0.25, -0.2) is 17.6 Å². The summed E-state index contributed by atoms with van der Waals surface area (Å²) < 4.78 is 78.0. The van der Waals surface area contributed by atoms with Crippen LogP contribution in [0.25, 0.3) is 16.7 Å². The highest BCUT2D eigenvalue weighted by Gasteiger charge is 2.24. The van der Waals surface area contributed by atoms with Crippen molar-refractivity contribution in [1.82, 2.24) is 0 Å². The van der Waals surface area contributed by atoms with Gasteiger partial charge in [0.25, 0.3) is 0 Å². The van der Waals surface area contributed by atoms with E-state index >= 15 is 4.39 Å². The zero-order valence-corrected chi connectivity index (χ0v) is 18.4. The highest BCUT2D eigenvalue weighted by Crippen LogP contribution is 2.37. The number of aryl methyl sites for hydroxylation is 1. The largest absolute Gasteiger partial charge is 0.494 e. The second kappa shape index (κ2) is 9.38.